The first kappa shape index (κ1) is 33.7. The third kappa shape index (κ3) is 13.5. The second kappa shape index (κ2) is 18.9. The van der Waals surface area contributed by atoms with Crippen LogP contribution in [0.3, 0.4) is 0 Å². The maximum atomic E-state index is 12.9. The molecular formula is C26H46N2O10. The minimum Gasteiger partial charge on any atom is -0.481 e. The minimum atomic E-state index is -0.925. The minimum absolute atomic E-state index is 0.135. The van der Waals surface area contributed by atoms with Crippen molar-refractivity contribution in [2.75, 3.05) is 79.0 Å². The van der Waals surface area contributed by atoms with Gasteiger partial charge in [0.25, 0.3) is 0 Å². The fourth-order valence-electron chi connectivity index (χ4n) is 4.09. The molecule has 0 spiro atoms. The molecule has 0 radical (unpaired) electrons. The predicted octanol–water partition coefficient (Wildman–Crippen LogP) is 1.22. The van der Waals surface area contributed by atoms with E-state index in [4.69, 9.17) is 29.2 Å². The lowest BCUT2D eigenvalue weighted by Crippen LogP contribution is -2.41. The maximum Gasteiger partial charge on any atom is 0.306 e. The summed E-state index contributed by atoms with van der Waals surface area (Å²) in [6.45, 7) is 10.5. The van der Waals surface area contributed by atoms with Crippen molar-refractivity contribution >= 4 is 23.8 Å². The Hall–Kier alpha value is -2.28. The monoisotopic (exact) mass is 546 g/mol. The van der Waals surface area contributed by atoms with Crippen LogP contribution in [-0.2, 0) is 38.1 Å². The highest BCUT2D eigenvalue weighted by Gasteiger charge is 2.26. The van der Waals surface area contributed by atoms with E-state index in [1.54, 1.807) is 37.5 Å². The van der Waals surface area contributed by atoms with E-state index in [1.165, 1.54) is 0 Å². The molecule has 12 heteroatoms. The second-order valence-electron chi connectivity index (χ2n) is 9.85. The van der Waals surface area contributed by atoms with Crippen molar-refractivity contribution in [1.29, 1.82) is 0 Å². The standard InChI is InChI=1S/C26H46N2O10/c1-19(17-21(3)25(31)32)23(29)27-5-9-35-13-15-37-11-7-28(8-12-38-16-14-36-10-6-27)24(30)20(2)18-22(4)26(33)34/h19-22H,5-18H2,1-4H3,(H,31,32)(H,33,34)/t19-,20-,21+,22+/m0/s1. The number of aliphatic carboxylic acids is 2. The third-order valence-corrected chi connectivity index (χ3v) is 6.49. The Balaban J connectivity index is 2.63. The van der Waals surface area contributed by atoms with E-state index in [2.05, 4.69) is 0 Å². The van der Waals surface area contributed by atoms with Gasteiger partial charge in [0.2, 0.25) is 11.8 Å². The molecule has 220 valence electrons. The molecule has 1 heterocycles. The Kier molecular flexibility index (Phi) is 16.8. The average molecular weight is 547 g/mol. The highest BCUT2D eigenvalue weighted by Crippen LogP contribution is 2.16. The molecule has 0 aliphatic carbocycles. The largest absolute Gasteiger partial charge is 0.481 e. The van der Waals surface area contributed by atoms with E-state index < -0.39 is 35.6 Å². The van der Waals surface area contributed by atoms with Crippen LogP contribution >= 0.6 is 0 Å². The van der Waals surface area contributed by atoms with E-state index in [1.807, 2.05) is 0 Å². The van der Waals surface area contributed by atoms with Crippen molar-refractivity contribution in [2.24, 2.45) is 23.7 Å². The van der Waals surface area contributed by atoms with Crippen molar-refractivity contribution in [1.82, 2.24) is 9.80 Å². The van der Waals surface area contributed by atoms with Crippen molar-refractivity contribution in [3.05, 3.63) is 0 Å². The average Bonchev–Trinajstić information content (AvgIpc) is 2.87. The van der Waals surface area contributed by atoms with Crippen LogP contribution in [0.15, 0.2) is 0 Å². The van der Waals surface area contributed by atoms with Gasteiger partial charge in [-0.1, -0.05) is 27.7 Å². The van der Waals surface area contributed by atoms with Crippen molar-refractivity contribution in [3.63, 3.8) is 0 Å². The van der Waals surface area contributed by atoms with Gasteiger partial charge in [-0.3, -0.25) is 19.2 Å². The molecule has 0 saturated carbocycles. The molecule has 2 N–H and O–H groups in total. The van der Waals surface area contributed by atoms with Crippen LogP contribution < -0.4 is 0 Å². The summed E-state index contributed by atoms with van der Waals surface area (Å²) in [5, 5.41) is 18.3. The first-order valence-corrected chi connectivity index (χ1v) is 13.4. The van der Waals surface area contributed by atoms with Gasteiger partial charge in [0.05, 0.1) is 64.7 Å². The molecule has 1 aliphatic rings. The van der Waals surface area contributed by atoms with Crippen LogP contribution in [0.2, 0.25) is 0 Å². The van der Waals surface area contributed by atoms with Gasteiger partial charge in [0, 0.05) is 38.0 Å². The number of rotatable bonds is 8. The molecular weight excluding hydrogens is 500 g/mol. The van der Waals surface area contributed by atoms with Crippen molar-refractivity contribution < 1.29 is 48.3 Å². The molecule has 0 bridgehead atoms. The second-order valence-corrected chi connectivity index (χ2v) is 9.85. The van der Waals surface area contributed by atoms with Gasteiger partial charge in [-0.2, -0.15) is 0 Å². The maximum absolute atomic E-state index is 12.9. The number of hydrogen-bond acceptors (Lipinski definition) is 8. The number of carbonyl (C=O) groups excluding carboxylic acids is 2. The summed E-state index contributed by atoms with van der Waals surface area (Å²) < 4.78 is 22.5. The number of amides is 2. The van der Waals surface area contributed by atoms with Crippen LogP contribution in [0.25, 0.3) is 0 Å². The lowest BCUT2D eigenvalue weighted by molar-refractivity contribution is -0.145. The van der Waals surface area contributed by atoms with Crippen LogP contribution in [0.5, 0.6) is 0 Å². The van der Waals surface area contributed by atoms with Crippen LogP contribution in [0, 0.1) is 23.7 Å². The Morgan fingerprint density at radius 3 is 1.03 bits per heavy atom. The summed E-state index contributed by atoms with van der Waals surface area (Å²) in [6, 6.07) is 0. The molecule has 2 amide bonds. The fraction of sp³-hybridized carbons (Fsp3) is 0.846. The van der Waals surface area contributed by atoms with Gasteiger partial charge >= 0.3 is 11.9 Å². The van der Waals surface area contributed by atoms with Gasteiger partial charge in [0.15, 0.2) is 0 Å². The van der Waals surface area contributed by atoms with E-state index in [-0.39, 0.29) is 24.7 Å². The number of ether oxygens (including phenoxy) is 4. The highest BCUT2D eigenvalue weighted by molar-refractivity contribution is 5.80. The number of nitrogens with zero attached hydrogens (tertiary/aromatic N) is 2. The fourth-order valence-corrected chi connectivity index (χ4v) is 4.09. The summed E-state index contributed by atoms with van der Waals surface area (Å²) in [5.41, 5.74) is 0. The zero-order valence-electron chi connectivity index (χ0n) is 23.3. The molecule has 0 aromatic rings. The van der Waals surface area contributed by atoms with Crippen LogP contribution in [-0.4, -0.2) is 123 Å². The molecule has 1 aliphatic heterocycles. The number of carbonyl (C=O) groups is 4. The molecule has 1 saturated heterocycles. The van der Waals surface area contributed by atoms with Gasteiger partial charge in [-0.15, -0.1) is 0 Å². The van der Waals surface area contributed by atoms with E-state index in [9.17, 15) is 19.2 Å². The third-order valence-electron chi connectivity index (χ3n) is 6.49. The molecule has 0 aromatic carbocycles. The van der Waals surface area contributed by atoms with Gasteiger partial charge in [0.1, 0.15) is 0 Å². The summed E-state index contributed by atoms with van der Waals surface area (Å²) in [7, 11) is 0. The zero-order valence-corrected chi connectivity index (χ0v) is 23.3. The Morgan fingerprint density at radius 2 is 0.789 bits per heavy atom. The topological polar surface area (TPSA) is 152 Å². The first-order chi connectivity index (χ1) is 18.0. The summed E-state index contributed by atoms with van der Waals surface area (Å²) in [5.74, 6) is -4.22. The molecule has 0 aromatic heterocycles. The summed E-state index contributed by atoms with van der Waals surface area (Å²) in [6.07, 6.45) is 0.510. The Labute approximate surface area is 225 Å². The van der Waals surface area contributed by atoms with Crippen LogP contribution in [0.4, 0.5) is 0 Å². The lowest BCUT2D eigenvalue weighted by atomic mass is 9.96. The number of carboxylic acid groups (broad SMARTS) is 2. The zero-order chi connectivity index (χ0) is 28.5. The van der Waals surface area contributed by atoms with Gasteiger partial charge in [-0.25, -0.2) is 0 Å². The van der Waals surface area contributed by atoms with E-state index in [0.29, 0.717) is 79.0 Å². The Morgan fingerprint density at radius 1 is 0.526 bits per heavy atom. The molecule has 4 atom stereocenters. The SMILES string of the molecule is C[C@H](C[C@H](C)C(=O)N1CCOCCOCCN(C(=O)[C@@H](C)C[C@@H](C)C(=O)O)CCOCCOCC1)C(=O)O. The summed E-state index contributed by atoms with van der Waals surface area (Å²) in [4.78, 5) is 51.4. The molecule has 0 unspecified atom stereocenters. The van der Waals surface area contributed by atoms with E-state index in [0.717, 1.165) is 0 Å². The van der Waals surface area contributed by atoms with E-state index >= 15 is 0 Å². The highest BCUT2D eigenvalue weighted by atomic mass is 16.5. The van der Waals surface area contributed by atoms with Gasteiger partial charge in [-0.05, 0) is 12.8 Å². The summed E-state index contributed by atoms with van der Waals surface area (Å²) >= 11 is 0. The molecule has 1 rings (SSSR count). The predicted molar refractivity (Wildman–Crippen MR) is 138 cm³/mol. The lowest BCUT2D eigenvalue weighted by Gasteiger charge is -2.27. The Bertz CT molecular complexity index is 655. The number of hydrogen-bond donors (Lipinski definition) is 2. The number of carboxylic acids is 2. The normalized spacial score (nSPS) is 20.8. The van der Waals surface area contributed by atoms with Crippen molar-refractivity contribution in [3.8, 4) is 0 Å². The van der Waals surface area contributed by atoms with Gasteiger partial charge < -0.3 is 39.0 Å². The van der Waals surface area contributed by atoms with Crippen LogP contribution in [0.1, 0.15) is 40.5 Å². The van der Waals surface area contributed by atoms with Crippen molar-refractivity contribution in [2.45, 2.75) is 40.5 Å². The quantitative estimate of drug-likeness (QED) is 0.454. The first-order valence-electron chi connectivity index (χ1n) is 13.4. The molecule has 38 heavy (non-hydrogen) atoms. The smallest absolute Gasteiger partial charge is 0.306 e. The molecule has 1 fully saturated rings. The molecule has 12 nitrogen and oxygen atoms in total.